The molecule has 2 aromatic carbocycles. The van der Waals surface area contributed by atoms with Gasteiger partial charge in [-0.15, -0.1) is 0 Å². The third-order valence-corrected chi connectivity index (χ3v) is 7.38. The van der Waals surface area contributed by atoms with Gasteiger partial charge in [0.15, 0.2) is 0 Å². The van der Waals surface area contributed by atoms with E-state index in [1.165, 1.54) is 11.3 Å². The summed E-state index contributed by atoms with van der Waals surface area (Å²) < 4.78 is 6.81. The van der Waals surface area contributed by atoms with Crippen molar-refractivity contribution in [2.45, 2.75) is 56.2 Å². The van der Waals surface area contributed by atoms with Crippen LogP contribution in [0, 0.1) is 0 Å². The number of amides is 2. The van der Waals surface area contributed by atoms with Crippen molar-refractivity contribution in [2.24, 2.45) is 0 Å². The number of nitrogens with zero attached hydrogens (tertiary/aromatic N) is 3. The number of alkyl halides is 1. The zero-order valence-corrected chi connectivity index (χ0v) is 20.5. The van der Waals surface area contributed by atoms with E-state index in [4.69, 9.17) is 16.3 Å². The lowest BCUT2D eigenvalue weighted by Crippen LogP contribution is -2.63. The van der Waals surface area contributed by atoms with Gasteiger partial charge >= 0.3 is 0 Å². The smallest absolute Gasteiger partial charge is 0.274 e. The van der Waals surface area contributed by atoms with Crippen molar-refractivity contribution < 1.29 is 14.3 Å². The molecule has 1 atom stereocenters. The van der Waals surface area contributed by atoms with E-state index >= 15 is 0 Å². The molecule has 1 N–H and O–H groups in total. The molecule has 1 aliphatic carbocycles. The van der Waals surface area contributed by atoms with E-state index in [0.717, 1.165) is 42.6 Å². The molecule has 0 bridgehead atoms. The fourth-order valence-corrected chi connectivity index (χ4v) is 5.20. The van der Waals surface area contributed by atoms with Crippen molar-refractivity contribution in [2.75, 3.05) is 7.11 Å². The summed E-state index contributed by atoms with van der Waals surface area (Å²) in [6.07, 6.45) is 5.21. The summed E-state index contributed by atoms with van der Waals surface area (Å²) in [5, 5.41) is 7.78. The van der Waals surface area contributed by atoms with Gasteiger partial charge in [-0.05, 0) is 48.7 Å². The van der Waals surface area contributed by atoms with Gasteiger partial charge in [-0.1, -0.05) is 61.2 Å². The monoisotopic (exact) mass is 492 g/mol. The fourth-order valence-electron chi connectivity index (χ4n) is 4.90. The Hall–Kier alpha value is -3.32. The average Bonchev–Trinajstić information content (AvgIpc) is 3.31. The quantitative estimate of drug-likeness (QED) is 0.403. The summed E-state index contributed by atoms with van der Waals surface area (Å²) in [6, 6.07) is 18.9. The van der Waals surface area contributed by atoms with Crippen molar-refractivity contribution >= 4 is 23.4 Å². The Bertz CT molecular complexity index is 1200. The zero-order valence-electron chi connectivity index (χ0n) is 19.7. The van der Waals surface area contributed by atoms with Gasteiger partial charge in [-0.25, -0.2) is 0 Å². The maximum Gasteiger partial charge on any atom is 0.274 e. The number of methoxy groups -OCH3 is 1. The molecule has 0 radical (unpaired) electrons. The molecule has 2 amide bonds. The molecule has 1 aliphatic heterocycles. The molecule has 1 fully saturated rings. The Kier molecular flexibility index (Phi) is 6.52. The van der Waals surface area contributed by atoms with E-state index in [1.54, 1.807) is 17.9 Å². The van der Waals surface area contributed by atoms with Crippen LogP contribution in [-0.4, -0.2) is 44.6 Å². The van der Waals surface area contributed by atoms with Crippen LogP contribution in [-0.2, 0) is 17.9 Å². The summed E-state index contributed by atoms with van der Waals surface area (Å²) in [6.45, 7) is 0.293. The SMILES string of the molecule is COc1ccc(-c2cc3n(n2)CC(Cl)(C(=O)NC2CCCCC2)N(Cc2ccccc2)C3=O)cc1. The largest absolute Gasteiger partial charge is 0.497 e. The number of carbonyl (C=O) groups is 2. The lowest BCUT2D eigenvalue weighted by atomic mass is 9.95. The van der Waals surface area contributed by atoms with Crippen LogP contribution in [0.4, 0.5) is 0 Å². The fraction of sp³-hybridized carbons (Fsp3) is 0.370. The number of hydrogen-bond acceptors (Lipinski definition) is 4. The first-order chi connectivity index (χ1) is 17.0. The van der Waals surface area contributed by atoms with Gasteiger partial charge in [0.05, 0.1) is 19.3 Å². The highest BCUT2D eigenvalue weighted by molar-refractivity contribution is 6.36. The standard InChI is InChI=1S/C27H29ClN4O3/c1-35-22-14-12-20(13-15-22)23-16-24-25(33)31(17-19-8-4-2-5-9-19)27(28,18-32(24)30-23)26(34)29-21-10-6-3-7-11-21/h2,4-5,8-9,12-16,21H,3,6-7,10-11,17-18H2,1H3,(H,29,34). The van der Waals surface area contributed by atoms with Crippen LogP contribution in [0.2, 0.25) is 0 Å². The highest BCUT2D eigenvalue weighted by atomic mass is 35.5. The second-order valence-electron chi connectivity index (χ2n) is 9.25. The molecule has 0 saturated heterocycles. The van der Waals surface area contributed by atoms with Crippen LogP contribution in [0.3, 0.4) is 0 Å². The van der Waals surface area contributed by atoms with Crippen molar-refractivity contribution in [3.05, 3.63) is 71.9 Å². The molecule has 0 spiro atoms. The van der Waals surface area contributed by atoms with Gasteiger partial charge in [0.2, 0.25) is 5.00 Å². The second-order valence-corrected chi connectivity index (χ2v) is 9.87. The number of aromatic nitrogens is 2. The Morgan fingerprint density at radius 1 is 1.11 bits per heavy atom. The van der Waals surface area contributed by atoms with Gasteiger partial charge in [0.25, 0.3) is 11.8 Å². The van der Waals surface area contributed by atoms with E-state index in [1.807, 2.05) is 54.6 Å². The first-order valence-corrected chi connectivity index (χ1v) is 12.4. The van der Waals surface area contributed by atoms with Crippen molar-refractivity contribution in [3.63, 3.8) is 0 Å². The summed E-state index contributed by atoms with van der Waals surface area (Å²) in [7, 11) is 1.61. The molecular formula is C27H29ClN4O3. The first kappa shape index (κ1) is 23.4. The molecule has 7 nitrogen and oxygen atoms in total. The van der Waals surface area contributed by atoms with E-state index < -0.39 is 5.00 Å². The summed E-state index contributed by atoms with van der Waals surface area (Å²) in [4.78, 5) is 27.3. The predicted molar refractivity (Wildman–Crippen MR) is 134 cm³/mol. The number of carbonyl (C=O) groups excluding carboxylic acids is 2. The van der Waals surface area contributed by atoms with Crippen LogP contribution < -0.4 is 10.1 Å². The average molecular weight is 493 g/mol. The Morgan fingerprint density at radius 2 is 1.83 bits per heavy atom. The molecular weight excluding hydrogens is 464 g/mol. The molecule has 1 saturated carbocycles. The molecule has 1 aromatic heterocycles. The molecule has 8 heteroatoms. The lowest BCUT2D eigenvalue weighted by Gasteiger charge is -2.42. The first-order valence-electron chi connectivity index (χ1n) is 12.1. The normalized spacial score (nSPS) is 20.4. The topological polar surface area (TPSA) is 76.5 Å². The maximum absolute atomic E-state index is 13.8. The van der Waals surface area contributed by atoms with E-state index in [0.29, 0.717) is 11.4 Å². The number of ether oxygens (including phenoxy) is 1. The van der Waals surface area contributed by atoms with Crippen LogP contribution in [0.1, 0.15) is 48.2 Å². The van der Waals surface area contributed by atoms with Gasteiger partial charge in [0.1, 0.15) is 11.4 Å². The molecule has 182 valence electrons. The Labute approximate surface area is 210 Å². The van der Waals surface area contributed by atoms with Crippen molar-refractivity contribution in [3.8, 4) is 17.0 Å². The van der Waals surface area contributed by atoms with Crippen LogP contribution in [0.5, 0.6) is 5.75 Å². The zero-order chi connectivity index (χ0) is 24.4. The minimum Gasteiger partial charge on any atom is -0.497 e. The number of rotatable bonds is 6. The van der Waals surface area contributed by atoms with Gasteiger partial charge in [0, 0.05) is 18.2 Å². The molecule has 5 rings (SSSR count). The maximum atomic E-state index is 13.8. The van der Waals surface area contributed by atoms with Gasteiger partial charge < -0.3 is 15.0 Å². The molecule has 1 unspecified atom stereocenters. The number of nitrogens with one attached hydrogen (secondary N) is 1. The Balaban J connectivity index is 1.49. The predicted octanol–water partition coefficient (Wildman–Crippen LogP) is 4.60. The minimum absolute atomic E-state index is 0.0666. The number of fused-ring (bicyclic) bond motifs is 1. The highest BCUT2D eigenvalue weighted by Crippen LogP contribution is 2.35. The van der Waals surface area contributed by atoms with Crippen molar-refractivity contribution in [1.29, 1.82) is 0 Å². The third-order valence-electron chi connectivity index (χ3n) is 6.89. The van der Waals surface area contributed by atoms with Gasteiger partial charge in [-0.3, -0.25) is 14.3 Å². The van der Waals surface area contributed by atoms with Gasteiger partial charge in [-0.2, -0.15) is 5.10 Å². The number of halogens is 1. The summed E-state index contributed by atoms with van der Waals surface area (Å²) in [5.74, 6) is 0.0747. The lowest BCUT2D eigenvalue weighted by molar-refractivity contribution is -0.130. The van der Waals surface area contributed by atoms with E-state index in [9.17, 15) is 9.59 Å². The Morgan fingerprint density at radius 3 is 2.51 bits per heavy atom. The minimum atomic E-state index is -1.58. The number of hydrogen-bond donors (Lipinski definition) is 1. The third kappa shape index (κ3) is 4.65. The molecule has 2 aliphatic rings. The van der Waals surface area contributed by atoms with Crippen molar-refractivity contribution in [1.82, 2.24) is 20.0 Å². The summed E-state index contributed by atoms with van der Waals surface area (Å²) in [5.41, 5.74) is 2.80. The number of benzene rings is 2. The van der Waals surface area contributed by atoms with Crippen LogP contribution in [0.25, 0.3) is 11.3 Å². The van der Waals surface area contributed by atoms with E-state index in [-0.39, 0.29) is 30.9 Å². The summed E-state index contributed by atoms with van der Waals surface area (Å²) >= 11 is 7.09. The van der Waals surface area contributed by atoms with Crippen LogP contribution in [0.15, 0.2) is 60.7 Å². The van der Waals surface area contributed by atoms with Crippen LogP contribution >= 0.6 is 11.6 Å². The second kappa shape index (κ2) is 9.74. The molecule has 2 heterocycles. The molecule has 3 aromatic rings. The highest BCUT2D eigenvalue weighted by Gasteiger charge is 2.50. The molecule has 35 heavy (non-hydrogen) atoms. The van der Waals surface area contributed by atoms with E-state index in [2.05, 4.69) is 10.4 Å².